The summed E-state index contributed by atoms with van der Waals surface area (Å²) in [4.78, 5) is 17.0. The maximum absolute atomic E-state index is 12.2. The van der Waals surface area contributed by atoms with Gasteiger partial charge < -0.3 is 10.4 Å². The second-order valence-electron chi connectivity index (χ2n) is 5.26. The van der Waals surface area contributed by atoms with Gasteiger partial charge in [-0.2, -0.15) is 0 Å². The lowest BCUT2D eigenvalue weighted by Gasteiger charge is -2.15. The van der Waals surface area contributed by atoms with Crippen LogP contribution in [0.1, 0.15) is 40.0 Å². The van der Waals surface area contributed by atoms with Crippen molar-refractivity contribution >= 4 is 17.2 Å². The first-order valence-corrected chi connectivity index (χ1v) is 7.83. The van der Waals surface area contributed by atoms with Gasteiger partial charge in [-0.3, -0.25) is 4.79 Å². The van der Waals surface area contributed by atoms with E-state index in [1.165, 1.54) is 11.3 Å². The molecule has 0 spiro atoms. The average Bonchev–Trinajstić information content (AvgIpc) is 2.97. The van der Waals surface area contributed by atoms with Gasteiger partial charge in [-0.25, -0.2) is 4.98 Å². The zero-order valence-electron chi connectivity index (χ0n) is 12.2. The number of rotatable bonds is 6. The van der Waals surface area contributed by atoms with E-state index in [0.29, 0.717) is 17.2 Å². The van der Waals surface area contributed by atoms with Crippen LogP contribution in [0.25, 0.3) is 0 Å². The van der Waals surface area contributed by atoms with Crippen LogP contribution in [0, 0.1) is 0 Å². The summed E-state index contributed by atoms with van der Waals surface area (Å²) in [7, 11) is 0. The van der Waals surface area contributed by atoms with Gasteiger partial charge in [-0.05, 0) is 12.0 Å². The summed E-state index contributed by atoms with van der Waals surface area (Å²) in [6.07, 6.45) is 2.21. The van der Waals surface area contributed by atoms with Crippen LogP contribution >= 0.6 is 11.3 Å². The molecule has 1 aromatic heterocycles. The zero-order chi connectivity index (χ0) is 15.2. The van der Waals surface area contributed by atoms with Gasteiger partial charge in [0.25, 0.3) is 5.91 Å². The Balaban J connectivity index is 1.99. The third kappa shape index (κ3) is 4.37. The number of hydrogen-bond acceptors (Lipinski definition) is 4. The van der Waals surface area contributed by atoms with Crippen LogP contribution in [-0.2, 0) is 6.42 Å². The fraction of sp³-hybridized carbons (Fsp3) is 0.375. The van der Waals surface area contributed by atoms with Crippen molar-refractivity contribution in [1.29, 1.82) is 0 Å². The Kier molecular flexibility index (Phi) is 5.47. The van der Waals surface area contributed by atoms with Crippen molar-refractivity contribution in [2.45, 2.75) is 32.2 Å². The molecule has 5 heteroatoms. The first kappa shape index (κ1) is 15.7. The number of aromatic nitrogens is 1. The molecule has 2 N–H and O–H groups in total. The molecule has 1 atom stereocenters. The highest BCUT2D eigenvalue weighted by Crippen LogP contribution is 2.21. The molecule has 1 heterocycles. The summed E-state index contributed by atoms with van der Waals surface area (Å²) >= 11 is 1.40. The van der Waals surface area contributed by atoms with E-state index in [2.05, 4.69) is 10.3 Å². The second kappa shape index (κ2) is 7.33. The van der Waals surface area contributed by atoms with E-state index < -0.39 is 0 Å². The van der Waals surface area contributed by atoms with E-state index in [1.807, 2.05) is 44.2 Å². The van der Waals surface area contributed by atoms with Gasteiger partial charge in [0.15, 0.2) is 0 Å². The molecular weight excluding hydrogens is 284 g/mol. The maximum Gasteiger partial charge on any atom is 0.263 e. The molecule has 0 saturated carbocycles. The van der Waals surface area contributed by atoms with E-state index in [-0.39, 0.29) is 18.6 Å². The fourth-order valence-corrected chi connectivity index (χ4v) is 2.80. The number of benzene rings is 1. The molecule has 1 amide bonds. The van der Waals surface area contributed by atoms with Gasteiger partial charge >= 0.3 is 0 Å². The summed E-state index contributed by atoms with van der Waals surface area (Å²) in [6, 6.07) is 9.52. The summed E-state index contributed by atoms with van der Waals surface area (Å²) in [6.45, 7) is 4.01. The lowest BCUT2D eigenvalue weighted by Crippen LogP contribution is -2.38. The molecule has 0 unspecified atom stereocenters. The Morgan fingerprint density at radius 2 is 2.05 bits per heavy atom. The first-order chi connectivity index (χ1) is 10.1. The largest absolute Gasteiger partial charge is 0.394 e. The predicted octanol–water partition coefficient (Wildman–Crippen LogP) is 2.60. The SMILES string of the molecule is CC(C)c1ncc(C(=O)N[C@@H](CO)Cc2ccccc2)s1. The number of nitrogens with one attached hydrogen (secondary N) is 1. The van der Waals surface area contributed by atoms with Crippen LogP contribution in [-0.4, -0.2) is 28.6 Å². The van der Waals surface area contributed by atoms with Crippen LogP contribution in [0.15, 0.2) is 36.5 Å². The van der Waals surface area contributed by atoms with Gasteiger partial charge in [-0.15, -0.1) is 11.3 Å². The first-order valence-electron chi connectivity index (χ1n) is 7.01. The third-order valence-electron chi connectivity index (χ3n) is 3.12. The monoisotopic (exact) mass is 304 g/mol. The maximum atomic E-state index is 12.2. The van der Waals surface area contributed by atoms with Crippen molar-refractivity contribution < 1.29 is 9.90 Å². The molecule has 112 valence electrons. The average molecular weight is 304 g/mol. The molecule has 0 aliphatic carbocycles. The highest BCUT2D eigenvalue weighted by Gasteiger charge is 2.16. The molecule has 1 aromatic carbocycles. The Hall–Kier alpha value is -1.72. The van der Waals surface area contributed by atoms with Crippen LogP contribution in [0.2, 0.25) is 0 Å². The van der Waals surface area contributed by atoms with Crippen LogP contribution < -0.4 is 5.32 Å². The van der Waals surface area contributed by atoms with Crippen molar-refractivity contribution in [3.05, 3.63) is 52.0 Å². The van der Waals surface area contributed by atoms with E-state index in [0.717, 1.165) is 10.6 Å². The molecule has 21 heavy (non-hydrogen) atoms. The summed E-state index contributed by atoms with van der Waals surface area (Å²) in [5.74, 6) is 0.142. The smallest absolute Gasteiger partial charge is 0.263 e. The number of carbonyl (C=O) groups excluding carboxylic acids is 1. The van der Waals surface area contributed by atoms with Crippen molar-refractivity contribution in [1.82, 2.24) is 10.3 Å². The van der Waals surface area contributed by atoms with Crippen molar-refractivity contribution in [3.8, 4) is 0 Å². The minimum absolute atomic E-state index is 0.0868. The minimum Gasteiger partial charge on any atom is -0.394 e. The fourth-order valence-electron chi connectivity index (χ4n) is 1.98. The molecule has 2 aromatic rings. The van der Waals surface area contributed by atoms with Gasteiger partial charge in [-0.1, -0.05) is 44.2 Å². The Morgan fingerprint density at radius 3 is 2.62 bits per heavy atom. The molecule has 0 aliphatic rings. The molecule has 0 aliphatic heterocycles. The molecule has 4 nitrogen and oxygen atoms in total. The molecular formula is C16H20N2O2S. The van der Waals surface area contributed by atoms with Crippen molar-refractivity contribution in [2.24, 2.45) is 0 Å². The Labute approximate surface area is 128 Å². The van der Waals surface area contributed by atoms with Crippen LogP contribution in [0.4, 0.5) is 0 Å². The Morgan fingerprint density at radius 1 is 1.33 bits per heavy atom. The minimum atomic E-state index is -0.288. The van der Waals surface area contributed by atoms with Crippen molar-refractivity contribution in [3.63, 3.8) is 0 Å². The number of aliphatic hydroxyl groups excluding tert-OH is 1. The summed E-state index contributed by atoms with van der Waals surface area (Å²) in [5, 5.41) is 13.3. The second-order valence-corrected chi connectivity index (χ2v) is 6.32. The molecule has 0 bridgehead atoms. The van der Waals surface area contributed by atoms with Gasteiger partial charge in [0.05, 0.1) is 23.9 Å². The van der Waals surface area contributed by atoms with E-state index >= 15 is 0 Å². The molecule has 0 radical (unpaired) electrons. The third-order valence-corrected chi connectivity index (χ3v) is 4.42. The number of aliphatic hydroxyl groups is 1. The number of thiazole rings is 1. The van der Waals surface area contributed by atoms with E-state index in [9.17, 15) is 9.90 Å². The normalized spacial score (nSPS) is 12.4. The number of nitrogens with zero attached hydrogens (tertiary/aromatic N) is 1. The lowest BCUT2D eigenvalue weighted by molar-refractivity contribution is 0.0920. The molecule has 0 saturated heterocycles. The van der Waals surface area contributed by atoms with E-state index in [4.69, 9.17) is 0 Å². The predicted molar refractivity (Wildman–Crippen MR) is 84.7 cm³/mol. The molecule has 0 fully saturated rings. The van der Waals surface area contributed by atoms with Crippen LogP contribution in [0.5, 0.6) is 0 Å². The van der Waals surface area contributed by atoms with Gasteiger partial charge in [0, 0.05) is 5.92 Å². The quantitative estimate of drug-likeness (QED) is 0.862. The van der Waals surface area contributed by atoms with Crippen LogP contribution in [0.3, 0.4) is 0 Å². The number of amides is 1. The Bertz CT molecular complexity index is 581. The highest BCUT2D eigenvalue weighted by molar-refractivity contribution is 7.13. The van der Waals surface area contributed by atoms with Crippen molar-refractivity contribution in [2.75, 3.05) is 6.61 Å². The van der Waals surface area contributed by atoms with E-state index in [1.54, 1.807) is 6.20 Å². The lowest BCUT2D eigenvalue weighted by atomic mass is 10.1. The summed E-state index contributed by atoms with van der Waals surface area (Å²) < 4.78 is 0. The topological polar surface area (TPSA) is 62.2 Å². The van der Waals surface area contributed by atoms with Gasteiger partial charge in [0.1, 0.15) is 4.88 Å². The molecule has 2 rings (SSSR count). The number of hydrogen-bond donors (Lipinski definition) is 2. The zero-order valence-corrected chi connectivity index (χ0v) is 13.1. The number of carbonyl (C=O) groups is 1. The standard InChI is InChI=1S/C16H20N2O2S/c1-11(2)16-17-9-14(21-16)15(20)18-13(10-19)8-12-6-4-3-5-7-12/h3-7,9,11,13,19H,8,10H2,1-2H3,(H,18,20)/t13-/m1/s1. The summed E-state index contributed by atoms with van der Waals surface area (Å²) in [5.41, 5.74) is 1.09. The highest BCUT2D eigenvalue weighted by atomic mass is 32.1. The van der Waals surface area contributed by atoms with Gasteiger partial charge in [0.2, 0.25) is 0 Å².